The predicted octanol–water partition coefficient (Wildman–Crippen LogP) is 2.98. The van der Waals surface area contributed by atoms with Gasteiger partial charge in [0.15, 0.2) is 0 Å². The number of rotatable bonds is 6. The SMILES string of the molecule is COc1nc2c(C(=O)O)cccc2n1-c1nc(C)nc(NCc2cccc(F)c2)n1. The molecular formula is C20H17FN6O3. The van der Waals surface area contributed by atoms with Crippen molar-refractivity contribution in [2.45, 2.75) is 13.5 Å². The van der Waals surface area contributed by atoms with E-state index in [1.165, 1.54) is 29.9 Å². The standard InChI is InChI=1S/C20H17FN6O3/c1-11-23-18(22-10-12-5-3-6-13(21)9-12)26-19(24-11)27-15-8-4-7-14(17(28)29)16(15)25-20(27)30-2/h3-9H,10H2,1-2H3,(H,28,29)(H,22,23,24,26). The van der Waals surface area contributed by atoms with Crippen molar-refractivity contribution < 1.29 is 19.0 Å². The minimum atomic E-state index is -1.10. The van der Waals surface area contributed by atoms with Crippen molar-refractivity contribution in [3.05, 3.63) is 65.2 Å². The fraction of sp³-hybridized carbons (Fsp3) is 0.150. The van der Waals surface area contributed by atoms with Gasteiger partial charge in [-0.05, 0) is 36.8 Å². The van der Waals surface area contributed by atoms with Crippen LogP contribution >= 0.6 is 0 Å². The van der Waals surface area contributed by atoms with E-state index in [0.717, 1.165) is 5.56 Å². The minimum Gasteiger partial charge on any atom is -0.478 e. The lowest BCUT2D eigenvalue weighted by Gasteiger charge is -2.10. The molecule has 0 atom stereocenters. The quantitative estimate of drug-likeness (QED) is 0.500. The molecule has 0 bridgehead atoms. The molecule has 0 aliphatic heterocycles. The number of para-hydroxylation sites is 1. The van der Waals surface area contributed by atoms with E-state index in [4.69, 9.17) is 4.74 Å². The number of fused-ring (bicyclic) bond motifs is 1. The number of nitrogens with zero attached hydrogens (tertiary/aromatic N) is 5. The molecule has 0 amide bonds. The van der Waals surface area contributed by atoms with E-state index in [1.54, 1.807) is 31.2 Å². The van der Waals surface area contributed by atoms with E-state index in [2.05, 4.69) is 25.3 Å². The Morgan fingerprint density at radius 2 is 1.97 bits per heavy atom. The molecule has 0 saturated carbocycles. The van der Waals surface area contributed by atoms with Crippen molar-refractivity contribution in [2.75, 3.05) is 12.4 Å². The lowest BCUT2D eigenvalue weighted by molar-refractivity contribution is 0.0699. The van der Waals surface area contributed by atoms with Crippen LogP contribution in [-0.4, -0.2) is 42.7 Å². The summed E-state index contributed by atoms with van der Waals surface area (Å²) in [6, 6.07) is 11.1. The zero-order valence-corrected chi connectivity index (χ0v) is 16.1. The highest BCUT2D eigenvalue weighted by Gasteiger charge is 2.20. The second-order valence-corrected chi connectivity index (χ2v) is 6.40. The van der Waals surface area contributed by atoms with E-state index in [-0.39, 0.29) is 34.8 Å². The number of carboxylic acid groups (broad SMARTS) is 1. The molecule has 4 rings (SSSR count). The highest BCUT2D eigenvalue weighted by atomic mass is 19.1. The van der Waals surface area contributed by atoms with Gasteiger partial charge in [-0.2, -0.15) is 19.9 Å². The van der Waals surface area contributed by atoms with Crippen LogP contribution in [0.5, 0.6) is 6.01 Å². The van der Waals surface area contributed by atoms with Crippen LogP contribution in [0.2, 0.25) is 0 Å². The first-order valence-corrected chi connectivity index (χ1v) is 8.96. The summed E-state index contributed by atoms with van der Waals surface area (Å²) >= 11 is 0. The number of hydrogen-bond acceptors (Lipinski definition) is 7. The third kappa shape index (κ3) is 3.62. The molecule has 2 aromatic heterocycles. The second kappa shape index (κ2) is 7.74. The number of methoxy groups -OCH3 is 1. The van der Waals surface area contributed by atoms with Crippen LogP contribution in [0.3, 0.4) is 0 Å². The van der Waals surface area contributed by atoms with E-state index >= 15 is 0 Å². The first kappa shape index (κ1) is 19.2. The fourth-order valence-electron chi connectivity index (χ4n) is 3.06. The lowest BCUT2D eigenvalue weighted by atomic mass is 10.2. The van der Waals surface area contributed by atoms with Crippen LogP contribution in [0.1, 0.15) is 21.7 Å². The molecule has 10 heteroatoms. The van der Waals surface area contributed by atoms with Gasteiger partial charge in [0.2, 0.25) is 11.9 Å². The summed E-state index contributed by atoms with van der Waals surface area (Å²) in [5, 5.41) is 12.5. The molecule has 152 valence electrons. The number of halogens is 1. The maximum absolute atomic E-state index is 13.4. The number of hydrogen-bond donors (Lipinski definition) is 2. The second-order valence-electron chi connectivity index (χ2n) is 6.40. The topological polar surface area (TPSA) is 115 Å². The highest BCUT2D eigenvalue weighted by molar-refractivity contribution is 6.01. The van der Waals surface area contributed by atoms with Crippen molar-refractivity contribution in [3.8, 4) is 12.0 Å². The summed E-state index contributed by atoms with van der Waals surface area (Å²) in [4.78, 5) is 28.9. The Kier molecular flexibility index (Phi) is 4.97. The Morgan fingerprint density at radius 3 is 2.70 bits per heavy atom. The van der Waals surface area contributed by atoms with Crippen molar-refractivity contribution >= 4 is 23.0 Å². The average molecular weight is 408 g/mol. The first-order chi connectivity index (χ1) is 14.5. The third-order valence-corrected chi connectivity index (χ3v) is 4.34. The Bertz CT molecular complexity index is 1260. The van der Waals surface area contributed by atoms with Crippen LogP contribution < -0.4 is 10.1 Å². The first-order valence-electron chi connectivity index (χ1n) is 8.96. The number of carboxylic acids is 1. The Labute approximate surface area is 170 Å². The van der Waals surface area contributed by atoms with Crippen molar-refractivity contribution in [3.63, 3.8) is 0 Å². The van der Waals surface area contributed by atoms with Crippen molar-refractivity contribution in [1.29, 1.82) is 0 Å². The molecule has 0 saturated heterocycles. The van der Waals surface area contributed by atoms with Crippen molar-refractivity contribution in [1.82, 2.24) is 24.5 Å². The van der Waals surface area contributed by atoms with E-state index < -0.39 is 5.97 Å². The number of aromatic nitrogens is 5. The van der Waals surface area contributed by atoms with Gasteiger partial charge in [0.05, 0.1) is 18.2 Å². The number of ether oxygens (including phenoxy) is 1. The van der Waals surface area contributed by atoms with Crippen LogP contribution in [0.25, 0.3) is 17.0 Å². The number of anilines is 1. The molecular weight excluding hydrogens is 391 g/mol. The van der Waals surface area contributed by atoms with E-state index in [9.17, 15) is 14.3 Å². The minimum absolute atomic E-state index is 0.0415. The fourth-order valence-corrected chi connectivity index (χ4v) is 3.06. The Balaban J connectivity index is 1.76. The predicted molar refractivity (Wildman–Crippen MR) is 106 cm³/mol. The molecule has 2 aromatic carbocycles. The molecule has 0 aliphatic carbocycles. The smallest absolute Gasteiger partial charge is 0.337 e. The summed E-state index contributed by atoms with van der Waals surface area (Å²) in [5.41, 5.74) is 1.51. The Morgan fingerprint density at radius 1 is 1.17 bits per heavy atom. The van der Waals surface area contributed by atoms with Gasteiger partial charge in [0.1, 0.15) is 17.2 Å². The van der Waals surface area contributed by atoms with Gasteiger partial charge >= 0.3 is 12.0 Å². The van der Waals surface area contributed by atoms with Gasteiger partial charge in [-0.1, -0.05) is 18.2 Å². The molecule has 0 radical (unpaired) electrons. The van der Waals surface area contributed by atoms with E-state index in [0.29, 0.717) is 17.9 Å². The Hall–Kier alpha value is -4.08. The van der Waals surface area contributed by atoms with Crippen LogP contribution in [0, 0.1) is 12.7 Å². The number of imidazole rings is 1. The molecule has 2 N–H and O–H groups in total. The van der Waals surface area contributed by atoms with Gasteiger partial charge in [-0.3, -0.25) is 0 Å². The third-order valence-electron chi connectivity index (χ3n) is 4.34. The maximum atomic E-state index is 13.4. The van der Waals surface area contributed by atoms with Gasteiger partial charge < -0.3 is 15.2 Å². The molecule has 4 aromatic rings. The largest absolute Gasteiger partial charge is 0.478 e. The maximum Gasteiger partial charge on any atom is 0.337 e. The number of aryl methyl sites for hydroxylation is 1. The molecule has 9 nitrogen and oxygen atoms in total. The molecule has 0 unspecified atom stereocenters. The monoisotopic (exact) mass is 408 g/mol. The van der Waals surface area contributed by atoms with Gasteiger partial charge in [0, 0.05) is 6.54 Å². The van der Waals surface area contributed by atoms with Crippen molar-refractivity contribution in [2.24, 2.45) is 0 Å². The molecule has 0 fully saturated rings. The summed E-state index contributed by atoms with van der Waals surface area (Å²) < 4.78 is 20.2. The van der Waals surface area contributed by atoms with Crippen LogP contribution in [-0.2, 0) is 6.54 Å². The normalized spacial score (nSPS) is 10.9. The molecule has 0 spiro atoms. The van der Waals surface area contributed by atoms with Crippen LogP contribution in [0.4, 0.5) is 10.3 Å². The highest BCUT2D eigenvalue weighted by Crippen LogP contribution is 2.27. The lowest BCUT2D eigenvalue weighted by Crippen LogP contribution is -2.11. The summed E-state index contributed by atoms with van der Waals surface area (Å²) in [5.74, 6) is -0.505. The number of benzene rings is 2. The van der Waals surface area contributed by atoms with Gasteiger partial charge in [-0.25, -0.2) is 13.8 Å². The number of carbonyl (C=O) groups is 1. The average Bonchev–Trinajstić information content (AvgIpc) is 3.10. The van der Waals surface area contributed by atoms with Crippen LogP contribution in [0.15, 0.2) is 42.5 Å². The molecule has 30 heavy (non-hydrogen) atoms. The summed E-state index contributed by atoms with van der Waals surface area (Å²) in [7, 11) is 1.43. The molecule has 2 heterocycles. The summed E-state index contributed by atoms with van der Waals surface area (Å²) in [6.45, 7) is 2.01. The van der Waals surface area contributed by atoms with Gasteiger partial charge in [-0.15, -0.1) is 0 Å². The molecule has 0 aliphatic rings. The number of aromatic carboxylic acids is 1. The summed E-state index contributed by atoms with van der Waals surface area (Å²) in [6.07, 6.45) is 0. The van der Waals surface area contributed by atoms with E-state index in [1.807, 2.05) is 0 Å². The zero-order chi connectivity index (χ0) is 21.3. The van der Waals surface area contributed by atoms with Gasteiger partial charge in [0.25, 0.3) is 0 Å². The zero-order valence-electron chi connectivity index (χ0n) is 16.1. The number of nitrogens with one attached hydrogen (secondary N) is 1.